The Labute approximate surface area is 103 Å². The van der Waals surface area contributed by atoms with Crippen molar-refractivity contribution in [3.63, 3.8) is 0 Å². The van der Waals surface area contributed by atoms with Gasteiger partial charge in [0.1, 0.15) is 5.56 Å². The molecule has 0 radical (unpaired) electrons. The first kappa shape index (κ1) is 12.2. The molecular weight excluding hydrogens is 236 g/mol. The second kappa shape index (κ2) is 4.92. The Hall–Kier alpha value is -2.28. The Kier molecular flexibility index (Phi) is 3.33. The number of aromatic nitrogens is 2. The molecule has 2 aromatic rings. The van der Waals surface area contributed by atoms with E-state index in [2.05, 4.69) is 15.5 Å². The fourth-order valence-corrected chi connectivity index (χ4v) is 1.57. The lowest BCUT2D eigenvalue weighted by Gasteiger charge is -1.99. The molecule has 0 saturated carbocycles. The SMILES string of the molecule is CNCc1noc(-c2cc(C)ccc2[N+](=O)[O-])n1. The monoisotopic (exact) mass is 248 g/mol. The van der Waals surface area contributed by atoms with Crippen molar-refractivity contribution < 1.29 is 9.45 Å². The van der Waals surface area contributed by atoms with E-state index in [9.17, 15) is 10.1 Å². The van der Waals surface area contributed by atoms with Gasteiger partial charge >= 0.3 is 0 Å². The van der Waals surface area contributed by atoms with Crippen LogP contribution in [0.2, 0.25) is 0 Å². The largest absolute Gasteiger partial charge is 0.334 e. The number of nitrogens with one attached hydrogen (secondary N) is 1. The summed E-state index contributed by atoms with van der Waals surface area (Å²) in [7, 11) is 1.76. The number of benzene rings is 1. The minimum absolute atomic E-state index is 0.0414. The van der Waals surface area contributed by atoms with Gasteiger partial charge in [-0.3, -0.25) is 10.1 Å². The van der Waals surface area contributed by atoms with Gasteiger partial charge < -0.3 is 9.84 Å². The van der Waals surface area contributed by atoms with Crippen LogP contribution in [0.15, 0.2) is 22.7 Å². The molecule has 18 heavy (non-hydrogen) atoms. The van der Waals surface area contributed by atoms with E-state index in [1.54, 1.807) is 19.2 Å². The van der Waals surface area contributed by atoms with Crippen LogP contribution in [0.25, 0.3) is 11.5 Å². The topological polar surface area (TPSA) is 94.1 Å². The third kappa shape index (κ3) is 2.35. The smallest absolute Gasteiger partial charge is 0.282 e. The second-order valence-corrected chi connectivity index (χ2v) is 3.82. The van der Waals surface area contributed by atoms with Gasteiger partial charge in [-0.1, -0.05) is 11.2 Å². The average molecular weight is 248 g/mol. The third-order valence-corrected chi connectivity index (χ3v) is 2.38. The molecule has 0 atom stereocenters. The van der Waals surface area contributed by atoms with Gasteiger partial charge in [0.05, 0.1) is 11.5 Å². The van der Waals surface area contributed by atoms with Crippen molar-refractivity contribution in [1.29, 1.82) is 0 Å². The lowest BCUT2D eigenvalue weighted by molar-refractivity contribution is -0.384. The molecule has 0 spiro atoms. The zero-order valence-corrected chi connectivity index (χ0v) is 10.0. The summed E-state index contributed by atoms with van der Waals surface area (Å²) < 4.78 is 5.04. The molecule has 7 heteroatoms. The number of aryl methyl sites for hydroxylation is 1. The van der Waals surface area contributed by atoms with Gasteiger partial charge in [0.15, 0.2) is 5.82 Å². The van der Waals surface area contributed by atoms with Crippen LogP contribution in [0.5, 0.6) is 0 Å². The number of hydrogen-bond donors (Lipinski definition) is 1. The molecule has 2 rings (SSSR count). The van der Waals surface area contributed by atoms with Crippen molar-refractivity contribution in [3.8, 4) is 11.5 Å². The minimum atomic E-state index is -0.462. The quantitative estimate of drug-likeness (QED) is 0.653. The predicted octanol–water partition coefficient (Wildman–Crippen LogP) is 1.67. The number of nitrogens with zero attached hydrogens (tertiary/aromatic N) is 3. The van der Waals surface area contributed by atoms with Crippen LogP contribution in [-0.2, 0) is 6.54 Å². The van der Waals surface area contributed by atoms with Crippen molar-refractivity contribution in [2.24, 2.45) is 0 Å². The summed E-state index contributed by atoms with van der Waals surface area (Å²) in [5, 5.41) is 17.6. The number of nitro benzene ring substituents is 1. The Balaban J connectivity index is 2.47. The highest BCUT2D eigenvalue weighted by atomic mass is 16.6. The summed E-state index contributed by atoms with van der Waals surface area (Å²) in [6.45, 7) is 2.29. The molecule has 0 unspecified atom stereocenters. The van der Waals surface area contributed by atoms with Gasteiger partial charge in [-0.15, -0.1) is 0 Å². The first-order valence-electron chi connectivity index (χ1n) is 5.34. The highest BCUT2D eigenvalue weighted by Gasteiger charge is 2.20. The normalized spacial score (nSPS) is 10.6. The van der Waals surface area contributed by atoms with Gasteiger partial charge in [-0.05, 0) is 25.6 Å². The molecule has 1 N–H and O–H groups in total. The van der Waals surface area contributed by atoms with Gasteiger partial charge in [0.25, 0.3) is 11.6 Å². The summed E-state index contributed by atoms with van der Waals surface area (Å²) in [6.07, 6.45) is 0. The summed E-state index contributed by atoms with van der Waals surface area (Å²) in [4.78, 5) is 14.6. The number of rotatable bonds is 4. The standard InChI is InChI=1S/C11H12N4O3/c1-7-3-4-9(15(16)17)8(5-7)11-13-10(6-12-2)14-18-11/h3-5,12H,6H2,1-2H3. The first-order chi connectivity index (χ1) is 8.61. The van der Waals surface area contributed by atoms with E-state index in [1.807, 2.05) is 6.92 Å². The molecule has 94 valence electrons. The van der Waals surface area contributed by atoms with Crippen molar-refractivity contribution in [2.45, 2.75) is 13.5 Å². The molecule has 1 heterocycles. The summed E-state index contributed by atoms with van der Waals surface area (Å²) in [5.74, 6) is 0.624. The van der Waals surface area contributed by atoms with E-state index in [-0.39, 0.29) is 11.6 Å². The van der Waals surface area contributed by atoms with Crippen LogP contribution in [-0.4, -0.2) is 22.1 Å². The van der Waals surface area contributed by atoms with E-state index in [4.69, 9.17) is 4.52 Å². The van der Waals surface area contributed by atoms with Crippen LogP contribution >= 0.6 is 0 Å². The first-order valence-corrected chi connectivity index (χ1v) is 5.34. The van der Waals surface area contributed by atoms with Crippen molar-refractivity contribution in [3.05, 3.63) is 39.7 Å². The van der Waals surface area contributed by atoms with Crippen molar-refractivity contribution in [1.82, 2.24) is 15.5 Å². The average Bonchev–Trinajstić information content (AvgIpc) is 2.77. The Morgan fingerprint density at radius 3 is 2.94 bits per heavy atom. The molecule has 0 aliphatic rings. The number of nitro groups is 1. The lowest BCUT2D eigenvalue weighted by Crippen LogP contribution is -2.06. The summed E-state index contributed by atoms with van der Waals surface area (Å²) >= 11 is 0. The van der Waals surface area contributed by atoms with E-state index in [0.29, 0.717) is 17.9 Å². The molecular formula is C11H12N4O3. The number of hydrogen-bond acceptors (Lipinski definition) is 6. The zero-order valence-electron chi connectivity index (χ0n) is 10.0. The molecule has 0 aliphatic carbocycles. The molecule has 0 amide bonds. The van der Waals surface area contributed by atoms with Gasteiger partial charge in [-0.2, -0.15) is 4.98 Å². The molecule has 0 bridgehead atoms. The lowest BCUT2D eigenvalue weighted by atomic mass is 10.1. The highest BCUT2D eigenvalue weighted by molar-refractivity contribution is 5.67. The maximum atomic E-state index is 10.9. The fraction of sp³-hybridized carbons (Fsp3) is 0.273. The van der Waals surface area contributed by atoms with Crippen LogP contribution in [0.4, 0.5) is 5.69 Å². The second-order valence-electron chi connectivity index (χ2n) is 3.82. The van der Waals surface area contributed by atoms with Gasteiger partial charge in [0.2, 0.25) is 0 Å². The van der Waals surface area contributed by atoms with Crippen molar-refractivity contribution >= 4 is 5.69 Å². The van der Waals surface area contributed by atoms with Gasteiger partial charge in [-0.25, -0.2) is 0 Å². The molecule has 0 saturated heterocycles. The Morgan fingerprint density at radius 2 is 2.28 bits per heavy atom. The van der Waals surface area contributed by atoms with E-state index in [0.717, 1.165) is 5.56 Å². The van der Waals surface area contributed by atoms with E-state index < -0.39 is 4.92 Å². The molecule has 1 aromatic heterocycles. The highest BCUT2D eigenvalue weighted by Crippen LogP contribution is 2.29. The summed E-state index contributed by atoms with van der Waals surface area (Å²) in [6, 6.07) is 4.77. The minimum Gasteiger partial charge on any atom is -0.334 e. The Bertz CT molecular complexity index is 579. The maximum Gasteiger partial charge on any atom is 0.282 e. The van der Waals surface area contributed by atoms with Crippen LogP contribution in [0, 0.1) is 17.0 Å². The zero-order chi connectivity index (χ0) is 13.1. The van der Waals surface area contributed by atoms with E-state index in [1.165, 1.54) is 6.07 Å². The summed E-state index contributed by atoms with van der Waals surface area (Å²) in [5.41, 5.74) is 1.19. The molecule has 0 aliphatic heterocycles. The third-order valence-electron chi connectivity index (χ3n) is 2.38. The molecule has 0 fully saturated rings. The molecule has 1 aromatic carbocycles. The van der Waals surface area contributed by atoms with Crippen LogP contribution in [0.1, 0.15) is 11.4 Å². The van der Waals surface area contributed by atoms with Crippen LogP contribution < -0.4 is 5.32 Å². The van der Waals surface area contributed by atoms with Crippen molar-refractivity contribution in [2.75, 3.05) is 7.05 Å². The Morgan fingerprint density at radius 1 is 1.50 bits per heavy atom. The predicted molar refractivity (Wildman–Crippen MR) is 63.9 cm³/mol. The fourth-order valence-electron chi connectivity index (χ4n) is 1.57. The maximum absolute atomic E-state index is 10.9. The van der Waals surface area contributed by atoms with Gasteiger partial charge in [0, 0.05) is 6.07 Å². The molecule has 7 nitrogen and oxygen atoms in total. The van der Waals surface area contributed by atoms with E-state index >= 15 is 0 Å². The van der Waals surface area contributed by atoms with Crippen LogP contribution in [0.3, 0.4) is 0 Å².